The number of rotatable bonds is 11. The van der Waals surface area contributed by atoms with E-state index >= 15 is 0 Å². The van der Waals surface area contributed by atoms with Crippen LogP contribution in [-0.2, 0) is 28.4 Å². The van der Waals surface area contributed by atoms with Crippen molar-refractivity contribution in [1.82, 2.24) is 5.32 Å². The van der Waals surface area contributed by atoms with Gasteiger partial charge in [0.2, 0.25) is 5.91 Å². The fraction of sp³-hybridized carbons (Fsp3) is 0.750. The summed E-state index contributed by atoms with van der Waals surface area (Å²) in [6.45, 7) is -1.28. The van der Waals surface area contributed by atoms with Gasteiger partial charge in [-0.3, -0.25) is 14.2 Å². The maximum atomic E-state index is 11.8. The lowest BCUT2D eigenvalue weighted by Gasteiger charge is -2.20. The van der Waals surface area contributed by atoms with Gasteiger partial charge in [0.25, 0.3) is 0 Å². The summed E-state index contributed by atoms with van der Waals surface area (Å²) in [6.07, 6.45) is -0.178. The minimum absolute atomic E-state index is 0.00654. The van der Waals surface area contributed by atoms with Gasteiger partial charge in [-0.15, -0.1) is 0 Å². The molecule has 0 aromatic carbocycles. The molecule has 2 unspecified atom stereocenters. The number of carbonyl (C=O) groups is 3. The number of ether oxygens (including phenoxy) is 2. The van der Waals surface area contributed by atoms with Crippen molar-refractivity contribution < 1.29 is 38.2 Å². The summed E-state index contributed by atoms with van der Waals surface area (Å²) in [5.41, 5.74) is 5.54. The normalized spacial score (nSPS) is 15.7. The second kappa shape index (κ2) is 11.4. The van der Waals surface area contributed by atoms with Crippen LogP contribution in [0.1, 0.15) is 26.7 Å². The molecule has 0 rings (SSSR count). The van der Waals surface area contributed by atoms with Gasteiger partial charge in [0.05, 0.1) is 13.2 Å². The van der Waals surface area contributed by atoms with Crippen LogP contribution in [0.3, 0.4) is 0 Å². The molecule has 0 saturated heterocycles. The molecule has 0 heterocycles. The number of amides is 1. The molecule has 0 aliphatic carbocycles. The molecule has 0 fully saturated rings. The molecule has 10 nitrogen and oxygen atoms in total. The number of hydrogen-bond donors (Lipinski definition) is 3. The summed E-state index contributed by atoms with van der Waals surface area (Å²) in [5.74, 6) is -2.50. The van der Waals surface area contributed by atoms with Crippen LogP contribution in [0.5, 0.6) is 0 Å². The molecule has 0 aliphatic rings. The molecule has 0 radical (unpaired) electrons. The molecule has 3 atom stereocenters. The molecular weight excluding hydrogens is 363 g/mol. The third kappa shape index (κ3) is 10.6. The summed E-state index contributed by atoms with van der Waals surface area (Å²) < 4.78 is 20.2. The van der Waals surface area contributed by atoms with E-state index < -0.39 is 42.5 Å². The van der Waals surface area contributed by atoms with Gasteiger partial charge in [-0.1, -0.05) is 11.4 Å². The predicted molar refractivity (Wildman–Crippen MR) is 84.7 cm³/mol. The van der Waals surface area contributed by atoms with E-state index in [-0.39, 0.29) is 37.4 Å². The first-order valence-electron chi connectivity index (χ1n) is 7.17. The van der Waals surface area contributed by atoms with Crippen LogP contribution in [0.4, 0.5) is 0 Å². The van der Waals surface area contributed by atoms with Crippen LogP contribution < -0.4 is 15.9 Å². The molecule has 0 saturated carbocycles. The minimum Gasteiger partial charge on any atom is -0.770 e. The van der Waals surface area contributed by atoms with E-state index in [1.165, 1.54) is 0 Å². The highest BCUT2D eigenvalue weighted by atomic mass is 32.7. The zero-order chi connectivity index (χ0) is 18.8. The van der Waals surface area contributed by atoms with Crippen LogP contribution in [0.2, 0.25) is 0 Å². The molecule has 0 aromatic heterocycles. The molecule has 12 heteroatoms. The standard InChI is InChI=1S/C12H23N2O8PS/c1-3-21-11(16)8(13)5-6-10(15)14-9(12(17)22-4-2)7-24-23(18,19)20/h8-9H,3-7,13H2,1-2H3,(H,14,15)(H2,18,19,20)/p-1/t8?,9-/m0/s1. The summed E-state index contributed by atoms with van der Waals surface area (Å²) in [5, 5.41) is 2.29. The fourth-order valence-electron chi connectivity index (χ4n) is 1.50. The molecule has 0 bridgehead atoms. The van der Waals surface area contributed by atoms with Crippen molar-refractivity contribution >= 4 is 36.0 Å². The molecule has 0 spiro atoms. The minimum atomic E-state index is -4.65. The Labute approximate surface area is 143 Å². The Hall–Kier alpha value is -1.13. The quantitative estimate of drug-likeness (QED) is 0.293. The van der Waals surface area contributed by atoms with Crippen LogP contribution >= 0.6 is 18.2 Å². The van der Waals surface area contributed by atoms with E-state index in [0.717, 1.165) is 0 Å². The predicted octanol–water partition coefficient (Wildman–Crippen LogP) is -1.10. The highest BCUT2D eigenvalue weighted by Gasteiger charge is 2.24. The van der Waals surface area contributed by atoms with E-state index in [9.17, 15) is 23.8 Å². The van der Waals surface area contributed by atoms with E-state index in [1.54, 1.807) is 13.8 Å². The van der Waals surface area contributed by atoms with Crippen molar-refractivity contribution in [2.45, 2.75) is 38.8 Å². The van der Waals surface area contributed by atoms with E-state index in [1.807, 2.05) is 0 Å². The van der Waals surface area contributed by atoms with Gasteiger partial charge in [-0.25, -0.2) is 4.79 Å². The summed E-state index contributed by atoms with van der Waals surface area (Å²) >= 11 is 0.115. The maximum absolute atomic E-state index is 11.8. The third-order valence-corrected chi connectivity index (χ3v) is 4.82. The SMILES string of the molecule is CCOC(=O)C(N)CCC(=O)N[C@@H](CSP(=O)([O-])O)C(=O)OCC. The molecule has 4 N–H and O–H groups in total. The van der Waals surface area contributed by atoms with Gasteiger partial charge in [-0.2, -0.15) is 0 Å². The van der Waals surface area contributed by atoms with E-state index in [4.69, 9.17) is 20.1 Å². The van der Waals surface area contributed by atoms with E-state index in [2.05, 4.69) is 5.32 Å². The van der Waals surface area contributed by atoms with Crippen molar-refractivity contribution in [3.8, 4) is 0 Å². The van der Waals surface area contributed by atoms with Gasteiger partial charge in [0, 0.05) is 12.2 Å². The average Bonchev–Trinajstić information content (AvgIpc) is 2.48. The van der Waals surface area contributed by atoms with Crippen molar-refractivity contribution in [3.05, 3.63) is 0 Å². The number of hydrogen-bond acceptors (Lipinski definition) is 9. The highest BCUT2D eigenvalue weighted by Crippen LogP contribution is 2.45. The van der Waals surface area contributed by atoms with Crippen molar-refractivity contribution in [2.24, 2.45) is 5.73 Å². The smallest absolute Gasteiger partial charge is 0.329 e. The molecule has 0 aliphatic heterocycles. The lowest BCUT2D eigenvalue weighted by atomic mass is 10.1. The Morgan fingerprint density at radius 2 is 1.79 bits per heavy atom. The second-order valence-electron chi connectivity index (χ2n) is 4.53. The first kappa shape index (κ1) is 22.9. The first-order valence-corrected chi connectivity index (χ1v) is 10.3. The zero-order valence-electron chi connectivity index (χ0n) is 13.4. The molecule has 1 amide bonds. The van der Waals surface area contributed by atoms with Gasteiger partial charge in [0.1, 0.15) is 12.1 Å². The van der Waals surface area contributed by atoms with Gasteiger partial charge >= 0.3 is 11.9 Å². The van der Waals surface area contributed by atoms with Gasteiger partial charge in [-0.05, 0) is 20.3 Å². The van der Waals surface area contributed by atoms with Gasteiger partial charge < -0.3 is 30.3 Å². The molecule has 140 valence electrons. The Morgan fingerprint density at radius 3 is 2.29 bits per heavy atom. The lowest BCUT2D eigenvalue weighted by Crippen LogP contribution is -2.44. The fourth-order valence-corrected chi connectivity index (χ4v) is 3.07. The second-order valence-corrected chi connectivity index (χ2v) is 8.22. The number of nitrogens with one attached hydrogen (secondary N) is 1. The van der Waals surface area contributed by atoms with Crippen LogP contribution in [-0.4, -0.2) is 53.8 Å². The van der Waals surface area contributed by atoms with E-state index in [0.29, 0.717) is 0 Å². The average molecular weight is 385 g/mol. The largest absolute Gasteiger partial charge is 0.770 e. The molecular formula is C12H22N2O8PS-. The Balaban J connectivity index is 4.54. The lowest BCUT2D eigenvalue weighted by molar-refractivity contribution is -0.184. The highest BCUT2D eigenvalue weighted by molar-refractivity contribution is 8.54. The molecule has 0 aromatic rings. The maximum Gasteiger partial charge on any atom is 0.329 e. The van der Waals surface area contributed by atoms with Crippen molar-refractivity contribution in [2.75, 3.05) is 19.0 Å². The summed E-state index contributed by atoms with van der Waals surface area (Å²) in [4.78, 5) is 54.4. The Kier molecular flexibility index (Phi) is 10.9. The van der Waals surface area contributed by atoms with Crippen molar-refractivity contribution in [1.29, 1.82) is 0 Å². The first-order chi connectivity index (χ1) is 11.1. The topological polar surface area (TPSA) is 168 Å². The van der Waals surface area contributed by atoms with Gasteiger partial charge in [0.15, 0.2) is 6.80 Å². The third-order valence-electron chi connectivity index (χ3n) is 2.58. The van der Waals surface area contributed by atoms with Crippen LogP contribution in [0.25, 0.3) is 0 Å². The summed E-state index contributed by atoms with van der Waals surface area (Å²) in [6, 6.07) is -2.24. The Morgan fingerprint density at radius 1 is 1.25 bits per heavy atom. The van der Waals surface area contributed by atoms with Crippen LogP contribution in [0, 0.1) is 0 Å². The number of carbonyl (C=O) groups excluding carboxylic acids is 3. The number of nitrogens with two attached hydrogens (primary N) is 1. The monoisotopic (exact) mass is 385 g/mol. The Bertz CT molecular complexity index is 484. The zero-order valence-corrected chi connectivity index (χ0v) is 15.1. The molecule has 24 heavy (non-hydrogen) atoms. The summed E-state index contributed by atoms with van der Waals surface area (Å²) in [7, 11) is 0. The van der Waals surface area contributed by atoms with Crippen LogP contribution in [0.15, 0.2) is 0 Å². The number of esters is 2. The van der Waals surface area contributed by atoms with Crippen molar-refractivity contribution in [3.63, 3.8) is 0 Å².